The molecule has 0 amide bonds. The van der Waals surface area contributed by atoms with Crippen LogP contribution in [0.25, 0.3) is 0 Å². The first-order valence-corrected chi connectivity index (χ1v) is 24.5. The van der Waals surface area contributed by atoms with Crippen molar-refractivity contribution in [2.24, 2.45) is 17.8 Å². The SMILES string of the molecule is CCCCC[C@H](O)/C=C/[C@H]1[C@H](O)CC(=O)[C@@H]1CCCCCCC(=O)OC[C@H](COP(=O)(O)O)OC(=O)CCCCCCCCCCCCCCCCCCC(C)C. The van der Waals surface area contributed by atoms with Crippen LogP contribution in [0, 0.1) is 17.8 Å². The van der Waals surface area contributed by atoms with Gasteiger partial charge in [0.2, 0.25) is 0 Å². The topological polar surface area (TPSA) is 177 Å². The Labute approximate surface area is 346 Å². The summed E-state index contributed by atoms with van der Waals surface area (Å²) < 4.78 is 26.5. The summed E-state index contributed by atoms with van der Waals surface area (Å²) in [6, 6.07) is 0. The van der Waals surface area contributed by atoms with E-state index in [4.69, 9.17) is 19.3 Å². The molecule has 5 atom stereocenters. The van der Waals surface area contributed by atoms with E-state index in [0.29, 0.717) is 25.7 Å². The summed E-state index contributed by atoms with van der Waals surface area (Å²) in [5, 5.41) is 20.7. The Morgan fingerprint density at radius 2 is 1.21 bits per heavy atom. The van der Waals surface area contributed by atoms with Crippen LogP contribution in [-0.4, -0.2) is 69.2 Å². The van der Waals surface area contributed by atoms with Crippen molar-refractivity contribution in [1.82, 2.24) is 0 Å². The van der Waals surface area contributed by atoms with Gasteiger partial charge in [0.05, 0.1) is 18.8 Å². The van der Waals surface area contributed by atoms with Crippen LogP contribution in [0.15, 0.2) is 12.2 Å². The lowest BCUT2D eigenvalue weighted by Crippen LogP contribution is -2.29. The van der Waals surface area contributed by atoms with Gasteiger partial charge in [-0.2, -0.15) is 0 Å². The van der Waals surface area contributed by atoms with Crippen molar-refractivity contribution in [2.75, 3.05) is 13.2 Å². The number of hydrogen-bond acceptors (Lipinski definition) is 9. The third-order valence-corrected chi connectivity index (χ3v) is 11.6. The molecule has 0 aromatic heterocycles. The van der Waals surface area contributed by atoms with Gasteiger partial charge >= 0.3 is 19.8 Å². The third kappa shape index (κ3) is 31.0. The Morgan fingerprint density at radius 1 is 0.719 bits per heavy atom. The molecule has 1 aliphatic carbocycles. The molecular weight excluding hydrogens is 747 g/mol. The molecule has 1 aliphatic rings. The number of aliphatic hydroxyl groups excluding tert-OH is 2. The number of Topliss-reactive ketones (excluding diaryl/α,β-unsaturated/α-hetero) is 1. The summed E-state index contributed by atoms with van der Waals surface area (Å²) in [6.07, 6.45) is 29.8. The average molecular weight is 831 g/mol. The maximum absolute atomic E-state index is 12.5. The van der Waals surface area contributed by atoms with Crippen LogP contribution in [0.2, 0.25) is 0 Å². The van der Waals surface area contributed by atoms with E-state index in [1.807, 2.05) is 6.08 Å². The van der Waals surface area contributed by atoms with Crippen LogP contribution in [0.1, 0.15) is 207 Å². The standard InChI is InChI=1S/C45H83O11P/c1-4-5-22-28-38(46)32-33-41-40(42(47)34-43(41)48)29-24-20-21-25-30-44(49)54-35-39(36-55-57(51,52)53)56-45(50)31-26-19-17-15-13-11-9-7-6-8-10-12-14-16-18-23-27-37(2)3/h32-33,37-41,43,46,48H,4-31,34-36H2,1-3H3,(H2,51,52,53)/b33-32+/t38-,39+,40+,41+,43+/m0/s1. The van der Waals surface area contributed by atoms with Gasteiger partial charge in [0.15, 0.2) is 6.10 Å². The number of carbonyl (C=O) groups excluding carboxylic acids is 3. The molecule has 0 aromatic carbocycles. The molecule has 12 heteroatoms. The first-order chi connectivity index (χ1) is 27.3. The minimum Gasteiger partial charge on any atom is -0.462 e. The van der Waals surface area contributed by atoms with Gasteiger partial charge in [-0.25, -0.2) is 4.57 Å². The van der Waals surface area contributed by atoms with Gasteiger partial charge in [-0.15, -0.1) is 0 Å². The van der Waals surface area contributed by atoms with Crippen LogP contribution >= 0.6 is 7.82 Å². The normalized spacial score (nSPS) is 18.5. The number of ketones is 1. The minimum atomic E-state index is -4.81. The molecular formula is C45H83O11P. The number of rotatable bonds is 38. The van der Waals surface area contributed by atoms with Crippen molar-refractivity contribution < 1.29 is 52.9 Å². The lowest BCUT2D eigenvalue weighted by Gasteiger charge is -2.18. The molecule has 0 unspecified atom stereocenters. The van der Waals surface area contributed by atoms with E-state index in [1.54, 1.807) is 6.08 Å². The van der Waals surface area contributed by atoms with Gasteiger partial charge in [-0.3, -0.25) is 18.9 Å². The van der Waals surface area contributed by atoms with Crippen molar-refractivity contribution in [1.29, 1.82) is 0 Å². The van der Waals surface area contributed by atoms with E-state index in [0.717, 1.165) is 63.7 Å². The molecule has 1 rings (SSSR count). The monoisotopic (exact) mass is 831 g/mol. The Balaban J connectivity index is 2.19. The smallest absolute Gasteiger partial charge is 0.462 e. The number of ether oxygens (including phenoxy) is 2. The summed E-state index contributed by atoms with van der Waals surface area (Å²) in [5.74, 6) is -0.729. The average Bonchev–Trinajstić information content (AvgIpc) is 3.42. The molecule has 0 heterocycles. The zero-order valence-corrected chi connectivity index (χ0v) is 37.0. The van der Waals surface area contributed by atoms with Crippen LogP contribution in [-0.2, 0) is 32.9 Å². The van der Waals surface area contributed by atoms with Crippen LogP contribution in [0.3, 0.4) is 0 Å². The number of carbonyl (C=O) groups is 3. The maximum Gasteiger partial charge on any atom is 0.469 e. The third-order valence-electron chi connectivity index (χ3n) is 11.1. The summed E-state index contributed by atoms with van der Waals surface area (Å²) >= 11 is 0. The fourth-order valence-corrected chi connectivity index (χ4v) is 7.99. The Hall–Kier alpha value is -1.62. The number of hydrogen-bond donors (Lipinski definition) is 4. The van der Waals surface area contributed by atoms with Gasteiger partial charge in [-0.1, -0.05) is 174 Å². The number of aliphatic hydroxyl groups is 2. The zero-order valence-electron chi connectivity index (χ0n) is 36.1. The minimum absolute atomic E-state index is 0.0458. The fraction of sp³-hybridized carbons (Fsp3) is 0.889. The molecule has 0 aliphatic heterocycles. The van der Waals surface area contributed by atoms with Gasteiger partial charge < -0.3 is 29.5 Å². The van der Waals surface area contributed by atoms with E-state index in [9.17, 15) is 29.2 Å². The van der Waals surface area contributed by atoms with Crippen LogP contribution in [0.5, 0.6) is 0 Å². The Kier molecular flexibility index (Phi) is 32.0. The molecule has 0 aromatic rings. The quantitative estimate of drug-likeness (QED) is 0.0201. The molecule has 4 N–H and O–H groups in total. The van der Waals surface area contributed by atoms with E-state index >= 15 is 0 Å². The highest BCUT2D eigenvalue weighted by atomic mass is 31.2. The van der Waals surface area contributed by atoms with Gasteiger partial charge in [0.25, 0.3) is 0 Å². The summed E-state index contributed by atoms with van der Waals surface area (Å²) in [4.78, 5) is 55.7. The molecule has 11 nitrogen and oxygen atoms in total. The maximum atomic E-state index is 12.5. The largest absolute Gasteiger partial charge is 0.469 e. The van der Waals surface area contributed by atoms with Crippen molar-refractivity contribution in [3.8, 4) is 0 Å². The van der Waals surface area contributed by atoms with E-state index in [2.05, 4.69) is 25.3 Å². The molecule has 0 spiro atoms. The second-order valence-corrected chi connectivity index (χ2v) is 18.2. The number of phosphoric ester groups is 1. The number of esters is 2. The molecule has 1 saturated carbocycles. The van der Waals surface area contributed by atoms with Crippen molar-refractivity contribution >= 4 is 25.5 Å². The first kappa shape index (κ1) is 53.4. The van der Waals surface area contributed by atoms with Crippen LogP contribution < -0.4 is 0 Å². The molecule has 0 radical (unpaired) electrons. The second-order valence-electron chi connectivity index (χ2n) is 17.0. The predicted molar refractivity (Wildman–Crippen MR) is 226 cm³/mol. The van der Waals surface area contributed by atoms with Crippen molar-refractivity contribution in [2.45, 2.75) is 225 Å². The van der Waals surface area contributed by atoms with Gasteiger partial charge in [0, 0.05) is 31.1 Å². The predicted octanol–water partition coefficient (Wildman–Crippen LogP) is 10.6. The molecule has 57 heavy (non-hydrogen) atoms. The highest BCUT2D eigenvalue weighted by Crippen LogP contribution is 2.36. The Bertz CT molecular complexity index is 1110. The van der Waals surface area contributed by atoms with E-state index < -0.39 is 44.7 Å². The fourth-order valence-electron chi connectivity index (χ4n) is 7.63. The molecule has 0 saturated heterocycles. The number of phosphoric acid groups is 1. The lowest BCUT2D eigenvalue weighted by molar-refractivity contribution is -0.161. The molecule has 334 valence electrons. The van der Waals surface area contributed by atoms with Gasteiger partial charge in [-0.05, 0) is 31.6 Å². The second kappa shape index (κ2) is 34.1. The zero-order chi connectivity index (χ0) is 42.2. The highest BCUT2D eigenvalue weighted by Gasteiger charge is 2.39. The molecule has 0 bridgehead atoms. The van der Waals surface area contributed by atoms with Crippen molar-refractivity contribution in [3.63, 3.8) is 0 Å². The van der Waals surface area contributed by atoms with E-state index in [1.165, 1.54) is 83.5 Å². The summed E-state index contributed by atoms with van der Waals surface area (Å²) in [6.45, 7) is 5.75. The summed E-state index contributed by atoms with van der Waals surface area (Å²) in [7, 11) is -4.81. The van der Waals surface area contributed by atoms with E-state index in [-0.39, 0.29) is 43.5 Å². The first-order valence-electron chi connectivity index (χ1n) is 22.9. The van der Waals surface area contributed by atoms with Crippen molar-refractivity contribution in [3.05, 3.63) is 12.2 Å². The highest BCUT2D eigenvalue weighted by molar-refractivity contribution is 7.46. The number of unbranched alkanes of at least 4 members (excludes halogenated alkanes) is 20. The Morgan fingerprint density at radius 3 is 1.74 bits per heavy atom. The van der Waals surface area contributed by atoms with Crippen LogP contribution in [0.4, 0.5) is 0 Å². The molecule has 1 fully saturated rings. The summed E-state index contributed by atoms with van der Waals surface area (Å²) in [5.41, 5.74) is 0. The lowest BCUT2D eigenvalue weighted by atomic mass is 9.88. The van der Waals surface area contributed by atoms with Gasteiger partial charge in [0.1, 0.15) is 12.4 Å².